The summed E-state index contributed by atoms with van der Waals surface area (Å²) >= 11 is 5.21. The van der Waals surface area contributed by atoms with Gasteiger partial charge in [-0.05, 0) is 72.2 Å². The Morgan fingerprint density at radius 1 is 0.862 bits per heavy atom. The maximum absolute atomic E-state index is 12.3. The molecular weight excluding hydrogens is 386 g/mol. The van der Waals surface area contributed by atoms with E-state index in [9.17, 15) is 9.59 Å². The van der Waals surface area contributed by atoms with Crippen molar-refractivity contribution in [1.82, 2.24) is 5.32 Å². The van der Waals surface area contributed by atoms with Crippen molar-refractivity contribution in [2.24, 2.45) is 0 Å². The molecule has 0 fully saturated rings. The highest BCUT2D eigenvalue weighted by Crippen LogP contribution is 2.16. The average Bonchev–Trinajstić information content (AvgIpc) is 3.24. The standard InChI is InChI=1S/C22H21N3O3S/c1-14(2)15-5-7-16(8-6-15)20(26)25-22(29)24-18-11-9-17(10-12-18)23-21(27)19-4-3-13-28-19/h3-14H,1-2H3,(H,23,27)(H2,24,25,26,29). The minimum atomic E-state index is -0.332. The normalized spacial score (nSPS) is 10.4. The van der Waals surface area contributed by atoms with Crippen LogP contribution in [-0.4, -0.2) is 16.9 Å². The van der Waals surface area contributed by atoms with Crippen molar-refractivity contribution in [3.05, 3.63) is 83.8 Å². The Hall–Kier alpha value is -3.45. The SMILES string of the molecule is CC(C)c1ccc(C(=O)NC(=S)Nc2ccc(NC(=O)c3ccco3)cc2)cc1. The number of carbonyl (C=O) groups excluding carboxylic acids is 2. The molecule has 3 aromatic rings. The lowest BCUT2D eigenvalue weighted by atomic mass is 10.0. The third-order valence-corrected chi connectivity index (χ3v) is 4.42. The van der Waals surface area contributed by atoms with Crippen molar-refractivity contribution in [2.45, 2.75) is 19.8 Å². The summed E-state index contributed by atoms with van der Waals surface area (Å²) < 4.78 is 5.05. The zero-order valence-corrected chi connectivity index (χ0v) is 16.9. The molecule has 1 aromatic heterocycles. The van der Waals surface area contributed by atoms with E-state index >= 15 is 0 Å². The largest absolute Gasteiger partial charge is 0.459 e. The Morgan fingerprint density at radius 2 is 1.48 bits per heavy atom. The Kier molecular flexibility index (Phi) is 6.41. The van der Waals surface area contributed by atoms with Crippen LogP contribution in [0.25, 0.3) is 0 Å². The van der Waals surface area contributed by atoms with Gasteiger partial charge in [-0.15, -0.1) is 0 Å². The van der Waals surface area contributed by atoms with Gasteiger partial charge in [0, 0.05) is 16.9 Å². The number of thiocarbonyl (C=S) groups is 1. The molecule has 148 valence electrons. The molecule has 29 heavy (non-hydrogen) atoms. The van der Waals surface area contributed by atoms with E-state index in [-0.39, 0.29) is 22.7 Å². The van der Waals surface area contributed by atoms with Crippen molar-refractivity contribution in [1.29, 1.82) is 0 Å². The first-order valence-electron chi connectivity index (χ1n) is 9.09. The van der Waals surface area contributed by atoms with Gasteiger partial charge in [-0.3, -0.25) is 14.9 Å². The van der Waals surface area contributed by atoms with Crippen LogP contribution in [0.15, 0.2) is 71.3 Å². The van der Waals surface area contributed by atoms with Crippen LogP contribution in [-0.2, 0) is 0 Å². The summed E-state index contributed by atoms with van der Waals surface area (Å²) in [6.45, 7) is 4.20. The molecular formula is C22H21N3O3S. The molecule has 0 saturated carbocycles. The molecule has 2 aromatic carbocycles. The topological polar surface area (TPSA) is 83.4 Å². The third kappa shape index (κ3) is 5.52. The van der Waals surface area contributed by atoms with E-state index in [1.165, 1.54) is 11.8 Å². The Morgan fingerprint density at radius 3 is 2.03 bits per heavy atom. The van der Waals surface area contributed by atoms with Crippen LogP contribution in [0.2, 0.25) is 0 Å². The minimum Gasteiger partial charge on any atom is -0.459 e. The maximum Gasteiger partial charge on any atom is 0.291 e. The van der Waals surface area contributed by atoms with E-state index in [1.807, 2.05) is 12.1 Å². The lowest BCUT2D eigenvalue weighted by Crippen LogP contribution is -2.34. The average molecular weight is 407 g/mol. The molecule has 3 rings (SSSR count). The number of nitrogens with one attached hydrogen (secondary N) is 3. The number of furan rings is 1. The quantitative estimate of drug-likeness (QED) is 0.530. The van der Waals surface area contributed by atoms with Gasteiger partial charge in [-0.1, -0.05) is 26.0 Å². The predicted octanol–water partition coefficient (Wildman–Crippen LogP) is 4.78. The lowest BCUT2D eigenvalue weighted by Gasteiger charge is -2.11. The van der Waals surface area contributed by atoms with Gasteiger partial charge in [-0.25, -0.2) is 0 Å². The summed E-state index contributed by atoms with van der Waals surface area (Å²) in [5.41, 5.74) is 3.00. The van der Waals surface area contributed by atoms with Gasteiger partial charge in [-0.2, -0.15) is 0 Å². The highest BCUT2D eigenvalue weighted by atomic mass is 32.1. The lowest BCUT2D eigenvalue weighted by molar-refractivity contribution is 0.0975. The van der Waals surface area contributed by atoms with Crippen LogP contribution in [0.1, 0.15) is 46.2 Å². The molecule has 0 unspecified atom stereocenters. The van der Waals surface area contributed by atoms with E-state index < -0.39 is 0 Å². The van der Waals surface area contributed by atoms with Gasteiger partial charge in [0.15, 0.2) is 10.9 Å². The van der Waals surface area contributed by atoms with Gasteiger partial charge in [0.25, 0.3) is 11.8 Å². The molecule has 1 heterocycles. The molecule has 0 bridgehead atoms. The Balaban J connectivity index is 1.53. The highest BCUT2D eigenvalue weighted by Gasteiger charge is 2.10. The summed E-state index contributed by atoms with van der Waals surface area (Å²) in [4.78, 5) is 24.3. The van der Waals surface area contributed by atoms with Crippen LogP contribution in [0.4, 0.5) is 11.4 Å². The summed E-state index contributed by atoms with van der Waals surface area (Å²) in [5, 5.41) is 8.52. The molecule has 6 nitrogen and oxygen atoms in total. The number of hydrogen-bond acceptors (Lipinski definition) is 4. The van der Waals surface area contributed by atoms with Crippen molar-refractivity contribution in [3.63, 3.8) is 0 Å². The van der Waals surface area contributed by atoms with Gasteiger partial charge in [0.1, 0.15) is 0 Å². The van der Waals surface area contributed by atoms with E-state index in [0.717, 1.165) is 0 Å². The number of amides is 2. The summed E-state index contributed by atoms with van der Waals surface area (Å²) in [7, 11) is 0. The van der Waals surface area contributed by atoms with Crippen LogP contribution >= 0.6 is 12.2 Å². The first-order valence-corrected chi connectivity index (χ1v) is 9.50. The first-order chi connectivity index (χ1) is 13.9. The summed E-state index contributed by atoms with van der Waals surface area (Å²) in [6.07, 6.45) is 1.44. The van der Waals surface area contributed by atoms with Crippen LogP contribution in [0.3, 0.4) is 0 Å². The van der Waals surface area contributed by atoms with E-state index in [4.69, 9.17) is 16.6 Å². The zero-order valence-electron chi connectivity index (χ0n) is 16.1. The van der Waals surface area contributed by atoms with Crippen molar-refractivity contribution < 1.29 is 14.0 Å². The van der Waals surface area contributed by atoms with Gasteiger partial charge < -0.3 is 15.1 Å². The number of rotatable bonds is 5. The van der Waals surface area contributed by atoms with Crippen molar-refractivity contribution in [2.75, 3.05) is 10.6 Å². The van der Waals surface area contributed by atoms with E-state index in [2.05, 4.69) is 29.8 Å². The summed E-state index contributed by atoms with van der Waals surface area (Å²) in [5.74, 6) is 0.0290. The number of anilines is 2. The van der Waals surface area contributed by atoms with E-state index in [0.29, 0.717) is 22.9 Å². The van der Waals surface area contributed by atoms with Crippen molar-refractivity contribution >= 4 is 40.5 Å². The minimum absolute atomic E-state index is 0.190. The predicted molar refractivity (Wildman–Crippen MR) is 117 cm³/mol. The number of benzene rings is 2. The zero-order chi connectivity index (χ0) is 20.8. The van der Waals surface area contributed by atoms with Gasteiger partial charge in [0.2, 0.25) is 0 Å². The maximum atomic E-state index is 12.3. The number of hydrogen-bond donors (Lipinski definition) is 3. The molecule has 7 heteroatoms. The number of carbonyl (C=O) groups is 2. The van der Waals surface area contributed by atoms with Crippen LogP contribution in [0.5, 0.6) is 0 Å². The Bertz CT molecular complexity index is 995. The molecule has 0 aliphatic rings. The van der Waals surface area contributed by atoms with Crippen molar-refractivity contribution in [3.8, 4) is 0 Å². The van der Waals surface area contributed by atoms with Gasteiger partial charge in [0.05, 0.1) is 6.26 Å². The fourth-order valence-electron chi connectivity index (χ4n) is 2.59. The fraction of sp³-hybridized carbons (Fsp3) is 0.136. The molecule has 0 atom stereocenters. The molecule has 0 radical (unpaired) electrons. The second kappa shape index (κ2) is 9.16. The molecule has 0 spiro atoms. The highest BCUT2D eigenvalue weighted by molar-refractivity contribution is 7.80. The monoisotopic (exact) mass is 407 g/mol. The molecule has 0 saturated heterocycles. The van der Waals surface area contributed by atoms with Crippen LogP contribution in [0, 0.1) is 0 Å². The second-order valence-corrected chi connectivity index (χ2v) is 7.10. The summed E-state index contributed by atoms with van der Waals surface area (Å²) in [6, 6.07) is 17.6. The molecule has 2 amide bonds. The fourth-order valence-corrected chi connectivity index (χ4v) is 2.80. The second-order valence-electron chi connectivity index (χ2n) is 6.69. The smallest absolute Gasteiger partial charge is 0.291 e. The Labute approximate surface area is 174 Å². The third-order valence-electron chi connectivity index (χ3n) is 4.21. The molecule has 3 N–H and O–H groups in total. The van der Waals surface area contributed by atoms with E-state index in [1.54, 1.807) is 48.5 Å². The first kappa shape index (κ1) is 20.3. The van der Waals surface area contributed by atoms with Crippen LogP contribution < -0.4 is 16.0 Å². The molecule has 0 aliphatic carbocycles. The molecule has 0 aliphatic heterocycles. The van der Waals surface area contributed by atoms with Gasteiger partial charge >= 0.3 is 0 Å².